The number of pyridine rings is 1. The minimum Gasteiger partial charge on any atom is -0.347 e. The molecule has 0 aliphatic rings. The SMILES string of the molecule is Cc1cc(C(=O)NCc2cccs2)c2c(C)nn(-c3ccccc3Cl)c2n1. The molecule has 0 bridgehead atoms. The molecule has 0 saturated heterocycles. The quantitative estimate of drug-likeness (QED) is 0.544. The van der Waals surface area contributed by atoms with Crippen LogP contribution in [0.2, 0.25) is 5.02 Å². The molecular weight excluding hydrogens is 380 g/mol. The number of carbonyl (C=O) groups excluding carboxylic acids is 1. The molecule has 1 aromatic carbocycles. The molecule has 27 heavy (non-hydrogen) atoms. The molecule has 0 aliphatic carbocycles. The number of amides is 1. The van der Waals surface area contributed by atoms with Crippen LogP contribution in [0, 0.1) is 13.8 Å². The lowest BCUT2D eigenvalue weighted by molar-refractivity contribution is 0.0952. The molecule has 0 radical (unpaired) electrons. The summed E-state index contributed by atoms with van der Waals surface area (Å²) >= 11 is 7.97. The van der Waals surface area contributed by atoms with Gasteiger partial charge in [0.25, 0.3) is 5.91 Å². The van der Waals surface area contributed by atoms with Gasteiger partial charge < -0.3 is 5.32 Å². The van der Waals surface area contributed by atoms with E-state index in [-0.39, 0.29) is 5.91 Å². The summed E-state index contributed by atoms with van der Waals surface area (Å²) in [5, 5.41) is 10.9. The van der Waals surface area contributed by atoms with Crippen LogP contribution in [-0.2, 0) is 6.54 Å². The molecule has 0 unspecified atom stereocenters. The molecule has 136 valence electrons. The summed E-state index contributed by atoms with van der Waals surface area (Å²) in [5.41, 5.74) is 3.42. The van der Waals surface area contributed by atoms with Crippen molar-refractivity contribution in [2.45, 2.75) is 20.4 Å². The first-order chi connectivity index (χ1) is 13.0. The van der Waals surface area contributed by atoms with Gasteiger partial charge in [-0.3, -0.25) is 4.79 Å². The predicted octanol–water partition coefficient (Wildman–Crippen LogP) is 4.68. The summed E-state index contributed by atoms with van der Waals surface area (Å²) in [6.07, 6.45) is 0. The van der Waals surface area contributed by atoms with Crippen LogP contribution < -0.4 is 5.32 Å². The number of para-hydroxylation sites is 1. The molecule has 0 spiro atoms. The maximum atomic E-state index is 12.9. The average molecular weight is 397 g/mol. The van der Waals surface area contributed by atoms with E-state index in [1.165, 1.54) is 0 Å². The summed E-state index contributed by atoms with van der Waals surface area (Å²) < 4.78 is 1.70. The van der Waals surface area contributed by atoms with E-state index in [1.54, 1.807) is 22.1 Å². The van der Waals surface area contributed by atoms with Gasteiger partial charge in [0.1, 0.15) is 0 Å². The van der Waals surface area contributed by atoms with Crippen LogP contribution >= 0.6 is 22.9 Å². The summed E-state index contributed by atoms with van der Waals surface area (Å²) in [7, 11) is 0. The van der Waals surface area contributed by atoms with Crippen LogP contribution in [0.15, 0.2) is 47.8 Å². The number of fused-ring (bicyclic) bond motifs is 1. The first-order valence-corrected chi connectivity index (χ1v) is 9.73. The molecule has 4 aromatic rings. The Bertz CT molecular complexity index is 1130. The third kappa shape index (κ3) is 3.34. The predicted molar refractivity (Wildman–Crippen MR) is 109 cm³/mol. The lowest BCUT2D eigenvalue weighted by Crippen LogP contribution is -2.23. The standard InChI is InChI=1S/C20H17ClN4OS/c1-12-10-15(20(26)22-11-14-6-5-9-27-14)18-13(2)24-25(19(18)23-12)17-8-4-3-7-16(17)21/h3-10H,11H2,1-2H3,(H,22,26). The summed E-state index contributed by atoms with van der Waals surface area (Å²) in [6, 6.07) is 13.2. The Balaban J connectivity index is 1.80. The van der Waals surface area contributed by atoms with Crippen molar-refractivity contribution in [3.05, 3.63) is 74.7 Å². The van der Waals surface area contributed by atoms with E-state index >= 15 is 0 Å². The van der Waals surface area contributed by atoms with Gasteiger partial charge in [0.05, 0.1) is 33.9 Å². The van der Waals surface area contributed by atoms with E-state index in [4.69, 9.17) is 11.6 Å². The minimum atomic E-state index is -0.138. The van der Waals surface area contributed by atoms with Gasteiger partial charge in [-0.15, -0.1) is 11.3 Å². The first-order valence-electron chi connectivity index (χ1n) is 8.47. The van der Waals surface area contributed by atoms with E-state index in [0.29, 0.717) is 22.8 Å². The molecule has 3 heterocycles. The van der Waals surface area contributed by atoms with Crippen LogP contribution in [0.4, 0.5) is 0 Å². The highest BCUT2D eigenvalue weighted by Crippen LogP contribution is 2.28. The van der Waals surface area contributed by atoms with Crippen molar-refractivity contribution in [1.29, 1.82) is 0 Å². The van der Waals surface area contributed by atoms with Gasteiger partial charge in [-0.05, 0) is 43.5 Å². The number of hydrogen-bond donors (Lipinski definition) is 1. The smallest absolute Gasteiger partial charge is 0.252 e. The van der Waals surface area contributed by atoms with Crippen LogP contribution in [0.5, 0.6) is 0 Å². The van der Waals surface area contributed by atoms with Gasteiger partial charge in [0, 0.05) is 10.6 Å². The fourth-order valence-electron chi connectivity index (χ4n) is 3.06. The Morgan fingerprint density at radius 1 is 1.22 bits per heavy atom. The largest absolute Gasteiger partial charge is 0.347 e. The Hall–Kier alpha value is -2.70. The maximum Gasteiger partial charge on any atom is 0.252 e. The van der Waals surface area contributed by atoms with Crippen molar-refractivity contribution in [2.75, 3.05) is 0 Å². The second-order valence-electron chi connectivity index (χ2n) is 6.22. The van der Waals surface area contributed by atoms with Crippen molar-refractivity contribution >= 4 is 39.9 Å². The van der Waals surface area contributed by atoms with Gasteiger partial charge in [-0.1, -0.05) is 29.8 Å². The summed E-state index contributed by atoms with van der Waals surface area (Å²) in [5.74, 6) is -0.138. The molecule has 3 aromatic heterocycles. The molecule has 1 N–H and O–H groups in total. The zero-order valence-corrected chi connectivity index (χ0v) is 16.4. The second kappa shape index (κ2) is 7.13. The molecule has 0 fully saturated rings. The van der Waals surface area contributed by atoms with Crippen molar-refractivity contribution in [3.8, 4) is 5.69 Å². The number of halogens is 1. The zero-order valence-electron chi connectivity index (χ0n) is 14.9. The Morgan fingerprint density at radius 3 is 2.78 bits per heavy atom. The monoisotopic (exact) mass is 396 g/mol. The molecule has 0 aliphatic heterocycles. The zero-order chi connectivity index (χ0) is 19.0. The number of nitrogens with zero attached hydrogens (tertiary/aromatic N) is 3. The normalized spacial score (nSPS) is 11.1. The molecule has 7 heteroatoms. The van der Waals surface area contributed by atoms with Crippen LogP contribution in [0.25, 0.3) is 16.7 Å². The fourth-order valence-corrected chi connectivity index (χ4v) is 3.92. The molecule has 4 rings (SSSR count). The van der Waals surface area contributed by atoms with Crippen molar-refractivity contribution in [1.82, 2.24) is 20.1 Å². The number of carbonyl (C=O) groups is 1. The number of nitrogens with one attached hydrogen (secondary N) is 1. The van der Waals surface area contributed by atoms with Gasteiger partial charge in [0.15, 0.2) is 5.65 Å². The third-order valence-corrected chi connectivity index (χ3v) is 5.47. The molecular formula is C20H17ClN4OS. The Kier molecular flexibility index (Phi) is 4.68. The van der Waals surface area contributed by atoms with Crippen molar-refractivity contribution < 1.29 is 4.79 Å². The number of aromatic nitrogens is 3. The van der Waals surface area contributed by atoms with Crippen LogP contribution in [0.1, 0.15) is 26.6 Å². The van der Waals surface area contributed by atoms with E-state index in [1.807, 2.05) is 55.6 Å². The molecule has 0 atom stereocenters. The summed E-state index contributed by atoms with van der Waals surface area (Å²) in [6.45, 7) is 4.24. The van der Waals surface area contributed by atoms with Crippen molar-refractivity contribution in [3.63, 3.8) is 0 Å². The number of rotatable bonds is 4. The first kappa shape index (κ1) is 17.7. The van der Waals surface area contributed by atoms with Gasteiger partial charge in [0.2, 0.25) is 0 Å². The van der Waals surface area contributed by atoms with Crippen LogP contribution in [-0.4, -0.2) is 20.7 Å². The molecule has 1 amide bonds. The third-order valence-electron chi connectivity index (χ3n) is 4.27. The lowest BCUT2D eigenvalue weighted by atomic mass is 10.1. The maximum absolute atomic E-state index is 12.9. The average Bonchev–Trinajstić information content (AvgIpc) is 3.28. The number of aryl methyl sites for hydroxylation is 2. The highest BCUT2D eigenvalue weighted by molar-refractivity contribution is 7.09. The highest BCUT2D eigenvalue weighted by atomic mass is 35.5. The van der Waals surface area contributed by atoms with Gasteiger partial charge in [-0.25, -0.2) is 9.67 Å². The Morgan fingerprint density at radius 2 is 2.04 bits per heavy atom. The number of benzene rings is 1. The van der Waals surface area contributed by atoms with E-state index in [0.717, 1.165) is 27.3 Å². The second-order valence-corrected chi connectivity index (χ2v) is 7.66. The number of hydrogen-bond acceptors (Lipinski definition) is 4. The van der Waals surface area contributed by atoms with Crippen LogP contribution in [0.3, 0.4) is 0 Å². The van der Waals surface area contributed by atoms with E-state index < -0.39 is 0 Å². The van der Waals surface area contributed by atoms with Crippen molar-refractivity contribution in [2.24, 2.45) is 0 Å². The fraction of sp³-hybridized carbons (Fsp3) is 0.150. The minimum absolute atomic E-state index is 0.138. The molecule has 5 nitrogen and oxygen atoms in total. The topological polar surface area (TPSA) is 59.8 Å². The van der Waals surface area contributed by atoms with Gasteiger partial charge >= 0.3 is 0 Å². The van der Waals surface area contributed by atoms with E-state index in [2.05, 4.69) is 15.4 Å². The van der Waals surface area contributed by atoms with Gasteiger partial charge in [-0.2, -0.15) is 5.10 Å². The van der Waals surface area contributed by atoms with E-state index in [9.17, 15) is 4.79 Å². The highest BCUT2D eigenvalue weighted by Gasteiger charge is 2.20. The molecule has 0 saturated carbocycles. The summed E-state index contributed by atoms with van der Waals surface area (Å²) in [4.78, 5) is 18.6. The Labute approximate surface area is 165 Å². The lowest BCUT2D eigenvalue weighted by Gasteiger charge is -2.08. The number of thiophene rings is 1.